The van der Waals surface area contributed by atoms with Crippen LogP contribution in [-0.2, 0) is 6.42 Å². The first-order valence-electron chi connectivity index (χ1n) is 6.14. The molecule has 0 N–H and O–H groups in total. The molecular formula is C16H16Cl2O. The number of benzene rings is 2. The Kier molecular flexibility index (Phi) is 4.73. The Morgan fingerprint density at radius 2 is 1.89 bits per heavy atom. The van der Waals surface area contributed by atoms with E-state index in [1.807, 2.05) is 24.3 Å². The van der Waals surface area contributed by atoms with E-state index >= 15 is 0 Å². The summed E-state index contributed by atoms with van der Waals surface area (Å²) in [5.74, 6) is 0.737. The minimum absolute atomic E-state index is 0.131. The summed E-state index contributed by atoms with van der Waals surface area (Å²) >= 11 is 12.5. The maximum atomic E-state index is 6.53. The zero-order chi connectivity index (χ0) is 13.8. The van der Waals surface area contributed by atoms with Crippen LogP contribution < -0.4 is 4.74 Å². The molecule has 0 saturated heterocycles. The molecule has 2 aromatic carbocycles. The van der Waals surface area contributed by atoms with E-state index in [-0.39, 0.29) is 5.38 Å². The summed E-state index contributed by atoms with van der Waals surface area (Å²) in [6.45, 7) is 2.10. The van der Waals surface area contributed by atoms with Crippen LogP contribution in [0.2, 0.25) is 5.02 Å². The number of hydrogen-bond donors (Lipinski definition) is 0. The number of aryl methyl sites for hydroxylation is 1. The average Bonchev–Trinajstić information content (AvgIpc) is 2.41. The number of ether oxygens (including phenoxy) is 1. The molecule has 3 heteroatoms. The average molecular weight is 295 g/mol. The molecular weight excluding hydrogens is 279 g/mol. The third-order valence-corrected chi connectivity index (χ3v) is 3.82. The van der Waals surface area contributed by atoms with Crippen molar-refractivity contribution in [2.24, 2.45) is 0 Å². The van der Waals surface area contributed by atoms with Crippen LogP contribution in [0.5, 0.6) is 5.75 Å². The van der Waals surface area contributed by atoms with Gasteiger partial charge in [0.1, 0.15) is 5.75 Å². The van der Waals surface area contributed by atoms with E-state index in [0.29, 0.717) is 5.02 Å². The van der Waals surface area contributed by atoms with E-state index in [4.69, 9.17) is 27.9 Å². The van der Waals surface area contributed by atoms with Crippen molar-refractivity contribution in [2.75, 3.05) is 7.11 Å². The van der Waals surface area contributed by atoms with Crippen LogP contribution in [0.25, 0.3) is 0 Å². The highest BCUT2D eigenvalue weighted by Gasteiger charge is 2.15. The predicted octanol–water partition coefficient (Wildman–Crippen LogP) is 5.18. The van der Waals surface area contributed by atoms with Gasteiger partial charge in [0.2, 0.25) is 0 Å². The van der Waals surface area contributed by atoms with Crippen molar-refractivity contribution in [3.8, 4) is 5.75 Å². The van der Waals surface area contributed by atoms with Crippen molar-refractivity contribution in [3.63, 3.8) is 0 Å². The molecule has 1 atom stereocenters. The zero-order valence-electron chi connectivity index (χ0n) is 11.0. The van der Waals surface area contributed by atoms with E-state index in [9.17, 15) is 0 Å². The first-order chi connectivity index (χ1) is 9.11. The lowest BCUT2D eigenvalue weighted by Crippen LogP contribution is -2.00. The monoisotopic (exact) mass is 294 g/mol. The molecule has 0 spiro atoms. The van der Waals surface area contributed by atoms with E-state index < -0.39 is 0 Å². The lowest BCUT2D eigenvalue weighted by molar-refractivity contribution is 0.409. The third-order valence-electron chi connectivity index (χ3n) is 3.19. The quantitative estimate of drug-likeness (QED) is 0.706. The van der Waals surface area contributed by atoms with Crippen LogP contribution in [0.1, 0.15) is 22.1 Å². The Morgan fingerprint density at radius 1 is 1.16 bits per heavy atom. The van der Waals surface area contributed by atoms with E-state index in [2.05, 4.69) is 19.1 Å². The lowest BCUT2D eigenvalue weighted by Gasteiger charge is -2.15. The normalized spacial score (nSPS) is 12.2. The number of hydrogen-bond acceptors (Lipinski definition) is 1. The van der Waals surface area contributed by atoms with Crippen molar-refractivity contribution in [1.29, 1.82) is 0 Å². The highest BCUT2D eigenvalue weighted by molar-refractivity contribution is 6.30. The second kappa shape index (κ2) is 6.31. The summed E-state index contributed by atoms with van der Waals surface area (Å²) in [6.07, 6.45) is 0.770. The summed E-state index contributed by atoms with van der Waals surface area (Å²) in [4.78, 5) is 0. The molecule has 0 aromatic heterocycles. The Hall–Kier alpha value is -1.18. The lowest BCUT2D eigenvalue weighted by atomic mass is 10.00. The summed E-state index contributed by atoms with van der Waals surface area (Å²) in [5.41, 5.74) is 3.47. The maximum Gasteiger partial charge on any atom is 0.125 e. The molecule has 0 aliphatic rings. The van der Waals surface area contributed by atoms with Gasteiger partial charge in [0.15, 0.2) is 0 Å². The first kappa shape index (κ1) is 14.2. The van der Waals surface area contributed by atoms with Crippen molar-refractivity contribution < 1.29 is 4.74 Å². The van der Waals surface area contributed by atoms with Crippen LogP contribution in [-0.4, -0.2) is 7.11 Å². The van der Waals surface area contributed by atoms with Gasteiger partial charge in [-0.25, -0.2) is 0 Å². The van der Waals surface area contributed by atoms with E-state index in [1.54, 1.807) is 13.2 Å². The van der Waals surface area contributed by atoms with Gasteiger partial charge in [0.05, 0.1) is 12.5 Å². The molecule has 0 bridgehead atoms. The molecule has 100 valence electrons. The molecule has 0 aliphatic carbocycles. The fourth-order valence-corrected chi connectivity index (χ4v) is 2.59. The number of rotatable bonds is 4. The fourth-order valence-electron chi connectivity index (χ4n) is 2.09. The maximum absolute atomic E-state index is 6.53. The predicted molar refractivity (Wildman–Crippen MR) is 81.5 cm³/mol. The Balaban J connectivity index is 2.25. The largest absolute Gasteiger partial charge is 0.496 e. The highest BCUT2D eigenvalue weighted by atomic mass is 35.5. The van der Waals surface area contributed by atoms with Crippen LogP contribution in [0.15, 0.2) is 42.5 Å². The van der Waals surface area contributed by atoms with Crippen LogP contribution >= 0.6 is 23.2 Å². The summed E-state index contributed by atoms with van der Waals surface area (Å²) in [7, 11) is 1.63. The molecule has 1 nitrogen and oxygen atoms in total. The van der Waals surface area contributed by atoms with Crippen molar-refractivity contribution in [3.05, 3.63) is 64.2 Å². The molecule has 1 unspecified atom stereocenters. The molecule has 0 heterocycles. The van der Waals surface area contributed by atoms with Gasteiger partial charge in [-0.1, -0.05) is 41.9 Å². The van der Waals surface area contributed by atoms with Crippen molar-refractivity contribution in [1.82, 2.24) is 0 Å². The minimum Gasteiger partial charge on any atom is -0.496 e. The van der Waals surface area contributed by atoms with Crippen LogP contribution in [0, 0.1) is 6.92 Å². The topological polar surface area (TPSA) is 9.23 Å². The molecule has 0 saturated carbocycles. The van der Waals surface area contributed by atoms with Gasteiger partial charge in [-0.05, 0) is 36.6 Å². The summed E-state index contributed by atoms with van der Waals surface area (Å²) < 4.78 is 5.35. The van der Waals surface area contributed by atoms with Gasteiger partial charge in [-0.15, -0.1) is 11.6 Å². The SMILES string of the molecule is COc1cc(Cl)ccc1C(Cl)Cc1ccccc1C. The summed E-state index contributed by atoms with van der Waals surface area (Å²) in [6, 6.07) is 13.8. The minimum atomic E-state index is -0.131. The first-order valence-corrected chi connectivity index (χ1v) is 6.95. The van der Waals surface area contributed by atoms with Crippen molar-refractivity contribution >= 4 is 23.2 Å². The standard InChI is InChI=1S/C16H16Cl2O/c1-11-5-3-4-6-12(11)9-15(18)14-8-7-13(17)10-16(14)19-2/h3-8,10,15H,9H2,1-2H3. The van der Waals surface area contributed by atoms with Gasteiger partial charge >= 0.3 is 0 Å². The second-order valence-electron chi connectivity index (χ2n) is 4.48. The number of alkyl halides is 1. The Bertz CT molecular complexity index is 566. The van der Waals surface area contributed by atoms with E-state index in [0.717, 1.165) is 17.7 Å². The van der Waals surface area contributed by atoms with Crippen LogP contribution in [0.3, 0.4) is 0 Å². The summed E-state index contributed by atoms with van der Waals surface area (Å²) in [5, 5.41) is 0.522. The molecule has 0 fully saturated rings. The van der Waals surface area contributed by atoms with Gasteiger partial charge in [0, 0.05) is 10.6 Å². The molecule has 2 rings (SSSR count). The fraction of sp³-hybridized carbons (Fsp3) is 0.250. The Labute approximate surface area is 124 Å². The molecule has 0 radical (unpaired) electrons. The third kappa shape index (κ3) is 3.43. The van der Waals surface area contributed by atoms with Gasteiger partial charge in [-0.2, -0.15) is 0 Å². The zero-order valence-corrected chi connectivity index (χ0v) is 12.5. The Morgan fingerprint density at radius 3 is 2.58 bits per heavy atom. The van der Waals surface area contributed by atoms with Gasteiger partial charge in [0.25, 0.3) is 0 Å². The highest BCUT2D eigenvalue weighted by Crippen LogP contribution is 2.34. The number of halogens is 2. The molecule has 2 aromatic rings. The van der Waals surface area contributed by atoms with Gasteiger partial charge in [-0.3, -0.25) is 0 Å². The van der Waals surface area contributed by atoms with Crippen molar-refractivity contribution in [2.45, 2.75) is 18.7 Å². The number of methoxy groups -OCH3 is 1. The molecule has 19 heavy (non-hydrogen) atoms. The second-order valence-corrected chi connectivity index (χ2v) is 5.45. The van der Waals surface area contributed by atoms with E-state index in [1.165, 1.54) is 11.1 Å². The molecule has 0 aliphatic heterocycles. The molecule has 0 amide bonds. The van der Waals surface area contributed by atoms with Gasteiger partial charge < -0.3 is 4.74 Å². The smallest absolute Gasteiger partial charge is 0.125 e. The van der Waals surface area contributed by atoms with Crippen LogP contribution in [0.4, 0.5) is 0 Å².